The summed E-state index contributed by atoms with van der Waals surface area (Å²) in [7, 11) is 0. The SMILES string of the molecule is CCCNc1ccc(Cl)c(CN2CCCC2C(N)=O)n1. The summed E-state index contributed by atoms with van der Waals surface area (Å²) < 4.78 is 0. The van der Waals surface area contributed by atoms with Crippen molar-refractivity contribution in [1.29, 1.82) is 0 Å². The number of likely N-dealkylation sites (tertiary alicyclic amines) is 1. The summed E-state index contributed by atoms with van der Waals surface area (Å²) in [6, 6.07) is 3.52. The van der Waals surface area contributed by atoms with Gasteiger partial charge in [-0.25, -0.2) is 4.98 Å². The monoisotopic (exact) mass is 296 g/mol. The van der Waals surface area contributed by atoms with E-state index in [1.165, 1.54) is 0 Å². The first kappa shape index (κ1) is 15.1. The Balaban J connectivity index is 2.09. The van der Waals surface area contributed by atoms with E-state index in [1.807, 2.05) is 12.1 Å². The minimum Gasteiger partial charge on any atom is -0.370 e. The van der Waals surface area contributed by atoms with Crippen LogP contribution in [0.25, 0.3) is 0 Å². The molecule has 0 saturated carbocycles. The van der Waals surface area contributed by atoms with Crippen molar-refractivity contribution in [2.45, 2.75) is 38.8 Å². The number of pyridine rings is 1. The maximum Gasteiger partial charge on any atom is 0.234 e. The van der Waals surface area contributed by atoms with Crippen LogP contribution in [-0.4, -0.2) is 34.9 Å². The van der Waals surface area contributed by atoms with Gasteiger partial charge < -0.3 is 11.1 Å². The van der Waals surface area contributed by atoms with Crippen LogP contribution >= 0.6 is 11.6 Å². The molecular weight excluding hydrogens is 276 g/mol. The number of nitrogens with two attached hydrogens (primary N) is 1. The molecule has 1 saturated heterocycles. The van der Waals surface area contributed by atoms with Crippen molar-refractivity contribution >= 4 is 23.3 Å². The Hall–Kier alpha value is -1.33. The molecule has 2 heterocycles. The first-order valence-electron chi connectivity index (χ1n) is 7.04. The molecule has 1 aromatic heterocycles. The lowest BCUT2D eigenvalue weighted by atomic mass is 10.2. The molecule has 3 N–H and O–H groups in total. The number of aromatic nitrogens is 1. The molecular formula is C14H21ClN4O. The normalized spacial score (nSPS) is 19.2. The highest BCUT2D eigenvalue weighted by molar-refractivity contribution is 6.31. The van der Waals surface area contributed by atoms with E-state index in [-0.39, 0.29) is 11.9 Å². The Labute approximate surface area is 124 Å². The fraction of sp³-hybridized carbons (Fsp3) is 0.571. The van der Waals surface area contributed by atoms with Gasteiger partial charge in [-0.1, -0.05) is 18.5 Å². The second kappa shape index (κ2) is 6.90. The number of rotatable bonds is 6. The van der Waals surface area contributed by atoms with Crippen LogP contribution in [0.4, 0.5) is 5.82 Å². The molecule has 1 amide bonds. The Kier molecular flexibility index (Phi) is 5.20. The van der Waals surface area contributed by atoms with Crippen LogP contribution in [0.2, 0.25) is 5.02 Å². The number of hydrogen-bond acceptors (Lipinski definition) is 4. The largest absolute Gasteiger partial charge is 0.370 e. The fourth-order valence-electron chi connectivity index (χ4n) is 2.48. The first-order chi connectivity index (χ1) is 9.61. The second-order valence-corrected chi connectivity index (χ2v) is 5.49. The average molecular weight is 297 g/mol. The van der Waals surface area contributed by atoms with Gasteiger partial charge in [0.05, 0.1) is 16.8 Å². The highest BCUT2D eigenvalue weighted by atomic mass is 35.5. The van der Waals surface area contributed by atoms with Crippen LogP contribution in [-0.2, 0) is 11.3 Å². The molecule has 1 aliphatic heterocycles. The predicted octanol–water partition coefficient (Wildman–Crippen LogP) is 2.01. The molecule has 1 atom stereocenters. The van der Waals surface area contributed by atoms with Gasteiger partial charge in [0.1, 0.15) is 5.82 Å². The quantitative estimate of drug-likeness (QED) is 0.842. The molecule has 0 bridgehead atoms. The topological polar surface area (TPSA) is 71.2 Å². The Bertz CT molecular complexity index is 480. The maximum absolute atomic E-state index is 11.4. The molecule has 0 aromatic carbocycles. The van der Waals surface area contributed by atoms with Crippen molar-refractivity contribution in [3.8, 4) is 0 Å². The van der Waals surface area contributed by atoms with E-state index in [1.54, 1.807) is 0 Å². The van der Waals surface area contributed by atoms with E-state index in [0.29, 0.717) is 11.6 Å². The summed E-state index contributed by atoms with van der Waals surface area (Å²) in [6.07, 6.45) is 2.84. The summed E-state index contributed by atoms with van der Waals surface area (Å²) in [4.78, 5) is 18.0. The molecule has 2 rings (SSSR count). The highest BCUT2D eigenvalue weighted by Crippen LogP contribution is 2.23. The number of halogens is 1. The summed E-state index contributed by atoms with van der Waals surface area (Å²) in [6.45, 7) is 4.40. The number of hydrogen-bond donors (Lipinski definition) is 2. The Morgan fingerprint density at radius 1 is 1.60 bits per heavy atom. The van der Waals surface area contributed by atoms with Crippen molar-refractivity contribution in [3.05, 3.63) is 22.8 Å². The minimum absolute atomic E-state index is 0.194. The van der Waals surface area contributed by atoms with Crippen LogP contribution in [0.3, 0.4) is 0 Å². The first-order valence-corrected chi connectivity index (χ1v) is 7.42. The predicted molar refractivity (Wildman–Crippen MR) is 80.7 cm³/mol. The fourth-order valence-corrected chi connectivity index (χ4v) is 2.64. The zero-order valence-corrected chi connectivity index (χ0v) is 12.5. The number of carbonyl (C=O) groups is 1. The van der Waals surface area contributed by atoms with Crippen LogP contribution in [0, 0.1) is 0 Å². The third kappa shape index (κ3) is 3.61. The van der Waals surface area contributed by atoms with Crippen LogP contribution in [0.15, 0.2) is 12.1 Å². The van der Waals surface area contributed by atoms with Gasteiger partial charge in [-0.05, 0) is 37.9 Å². The maximum atomic E-state index is 11.4. The highest BCUT2D eigenvalue weighted by Gasteiger charge is 2.29. The zero-order valence-electron chi connectivity index (χ0n) is 11.7. The van der Waals surface area contributed by atoms with E-state index in [4.69, 9.17) is 17.3 Å². The zero-order chi connectivity index (χ0) is 14.5. The molecule has 6 heteroatoms. The van der Waals surface area contributed by atoms with Crippen molar-refractivity contribution in [2.24, 2.45) is 5.73 Å². The number of anilines is 1. The van der Waals surface area contributed by atoms with E-state index in [9.17, 15) is 4.79 Å². The average Bonchev–Trinajstić information content (AvgIpc) is 2.88. The van der Waals surface area contributed by atoms with Crippen LogP contribution in [0.5, 0.6) is 0 Å². The van der Waals surface area contributed by atoms with Crippen LogP contribution < -0.4 is 11.1 Å². The van der Waals surface area contributed by atoms with Gasteiger partial charge >= 0.3 is 0 Å². The van der Waals surface area contributed by atoms with E-state index >= 15 is 0 Å². The summed E-state index contributed by atoms with van der Waals surface area (Å²) >= 11 is 6.20. The standard InChI is InChI=1S/C14H21ClN4O/c1-2-7-17-13-6-5-10(15)11(18-13)9-19-8-3-4-12(19)14(16)20/h5-6,12H,2-4,7-9H2,1H3,(H2,16,20)(H,17,18). The van der Waals surface area contributed by atoms with E-state index < -0.39 is 0 Å². The van der Waals surface area contributed by atoms with Gasteiger partial charge in [0, 0.05) is 13.1 Å². The third-order valence-corrected chi connectivity index (χ3v) is 3.86. The van der Waals surface area contributed by atoms with Gasteiger partial charge in [-0.3, -0.25) is 9.69 Å². The number of carbonyl (C=O) groups excluding carboxylic acids is 1. The molecule has 20 heavy (non-hydrogen) atoms. The number of nitrogens with zero attached hydrogens (tertiary/aromatic N) is 2. The Morgan fingerprint density at radius 3 is 3.10 bits per heavy atom. The van der Waals surface area contributed by atoms with Crippen LogP contribution in [0.1, 0.15) is 31.9 Å². The molecule has 1 aromatic rings. The molecule has 1 unspecified atom stereocenters. The molecule has 1 fully saturated rings. The molecule has 0 aliphatic carbocycles. The molecule has 0 radical (unpaired) electrons. The number of nitrogens with one attached hydrogen (secondary N) is 1. The van der Waals surface area contributed by atoms with Gasteiger partial charge in [0.25, 0.3) is 0 Å². The lowest BCUT2D eigenvalue weighted by Gasteiger charge is -2.22. The van der Waals surface area contributed by atoms with Crippen molar-refractivity contribution in [3.63, 3.8) is 0 Å². The van der Waals surface area contributed by atoms with Crippen molar-refractivity contribution in [2.75, 3.05) is 18.4 Å². The van der Waals surface area contributed by atoms with E-state index in [2.05, 4.69) is 22.1 Å². The number of amides is 1. The lowest BCUT2D eigenvalue weighted by molar-refractivity contribution is -0.122. The molecule has 0 spiro atoms. The van der Waals surface area contributed by atoms with Gasteiger partial charge in [0.2, 0.25) is 5.91 Å². The summed E-state index contributed by atoms with van der Waals surface area (Å²) in [5.74, 6) is 0.556. The minimum atomic E-state index is -0.265. The Morgan fingerprint density at radius 2 is 2.40 bits per heavy atom. The van der Waals surface area contributed by atoms with Crippen molar-refractivity contribution < 1.29 is 4.79 Å². The lowest BCUT2D eigenvalue weighted by Crippen LogP contribution is -2.40. The number of primary amides is 1. The molecule has 5 nitrogen and oxygen atoms in total. The molecule has 1 aliphatic rings. The smallest absolute Gasteiger partial charge is 0.234 e. The van der Waals surface area contributed by atoms with Gasteiger partial charge in [-0.15, -0.1) is 0 Å². The molecule has 110 valence electrons. The van der Waals surface area contributed by atoms with Gasteiger partial charge in [0.15, 0.2) is 0 Å². The van der Waals surface area contributed by atoms with Crippen molar-refractivity contribution in [1.82, 2.24) is 9.88 Å². The second-order valence-electron chi connectivity index (χ2n) is 5.08. The summed E-state index contributed by atoms with van der Waals surface area (Å²) in [5, 5.41) is 3.87. The third-order valence-electron chi connectivity index (χ3n) is 3.52. The summed E-state index contributed by atoms with van der Waals surface area (Å²) in [5.41, 5.74) is 6.22. The van der Waals surface area contributed by atoms with E-state index in [0.717, 1.165) is 43.9 Å². The van der Waals surface area contributed by atoms with Gasteiger partial charge in [-0.2, -0.15) is 0 Å².